The zero-order valence-corrected chi connectivity index (χ0v) is 16.0. The van der Waals surface area contributed by atoms with Crippen LogP contribution in [0.15, 0.2) is 64.0 Å². The van der Waals surface area contributed by atoms with E-state index in [0.717, 1.165) is 17.3 Å². The van der Waals surface area contributed by atoms with Gasteiger partial charge < -0.3 is 5.32 Å². The van der Waals surface area contributed by atoms with E-state index in [9.17, 15) is 13.2 Å². The molecule has 0 saturated carbocycles. The standard InChI is InChI=1S/C18H19BrN2O3S/c19-14-7-6-8-15(13-14)20-18(22)17-11-4-5-12-21(17)25(23,24)16-9-2-1-3-10-16/h1-3,6-10,13,17H,4-5,11-12H2,(H,20,22)/t17-/m1/s1. The largest absolute Gasteiger partial charge is 0.325 e. The molecule has 0 bridgehead atoms. The maximum atomic E-state index is 12.9. The number of nitrogens with one attached hydrogen (secondary N) is 1. The minimum atomic E-state index is -3.69. The molecule has 0 aliphatic carbocycles. The van der Waals surface area contributed by atoms with Gasteiger partial charge in [0.25, 0.3) is 0 Å². The molecule has 25 heavy (non-hydrogen) atoms. The molecular weight excluding hydrogens is 404 g/mol. The smallest absolute Gasteiger partial charge is 0.243 e. The summed E-state index contributed by atoms with van der Waals surface area (Å²) in [5.74, 6) is -0.294. The molecule has 1 aliphatic rings. The van der Waals surface area contributed by atoms with Crippen LogP contribution in [0.25, 0.3) is 0 Å². The van der Waals surface area contributed by atoms with E-state index < -0.39 is 16.1 Å². The molecule has 132 valence electrons. The van der Waals surface area contributed by atoms with Gasteiger partial charge in [0.15, 0.2) is 0 Å². The topological polar surface area (TPSA) is 66.5 Å². The second-order valence-electron chi connectivity index (χ2n) is 5.94. The Morgan fingerprint density at radius 1 is 1.08 bits per heavy atom. The summed E-state index contributed by atoms with van der Waals surface area (Å²) >= 11 is 3.36. The highest BCUT2D eigenvalue weighted by molar-refractivity contribution is 9.10. The molecule has 1 amide bonds. The van der Waals surface area contributed by atoms with E-state index in [2.05, 4.69) is 21.2 Å². The molecular formula is C18H19BrN2O3S. The predicted octanol–water partition coefficient (Wildman–Crippen LogP) is 3.63. The second-order valence-corrected chi connectivity index (χ2v) is 8.75. The molecule has 1 heterocycles. The van der Waals surface area contributed by atoms with Crippen molar-refractivity contribution in [2.75, 3.05) is 11.9 Å². The molecule has 5 nitrogen and oxygen atoms in total. The van der Waals surface area contributed by atoms with Crippen molar-refractivity contribution >= 4 is 37.5 Å². The van der Waals surface area contributed by atoms with Gasteiger partial charge in [0, 0.05) is 16.7 Å². The van der Waals surface area contributed by atoms with Gasteiger partial charge in [0.1, 0.15) is 6.04 Å². The third-order valence-corrected chi connectivity index (χ3v) is 6.61. The molecule has 1 aliphatic heterocycles. The first-order chi connectivity index (χ1) is 12.0. The lowest BCUT2D eigenvalue weighted by molar-refractivity contribution is -0.120. The van der Waals surface area contributed by atoms with E-state index in [4.69, 9.17) is 0 Å². The lowest BCUT2D eigenvalue weighted by Gasteiger charge is -2.33. The summed E-state index contributed by atoms with van der Waals surface area (Å²) in [4.78, 5) is 13.0. The molecule has 1 N–H and O–H groups in total. The van der Waals surface area contributed by atoms with Crippen molar-refractivity contribution in [2.45, 2.75) is 30.2 Å². The van der Waals surface area contributed by atoms with E-state index in [-0.39, 0.29) is 10.8 Å². The van der Waals surface area contributed by atoms with Gasteiger partial charge in [-0.25, -0.2) is 8.42 Å². The summed E-state index contributed by atoms with van der Waals surface area (Å²) in [5, 5.41) is 2.83. The maximum absolute atomic E-state index is 12.9. The van der Waals surface area contributed by atoms with Gasteiger partial charge in [0.05, 0.1) is 4.90 Å². The predicted molar refractivity (Wildman–Crippen MR) is 101 cm³/mol. The number of carbonyl (C=O) groups excluding carboxylic acids is 1. The molecule has 2 aromatic rings. The lowest BCUT2D eigenvalue weighted by atomic mass is 10.0. The minimum Gasteiger partial charge on any atom is -0.325 e. The molecule has 1 fully saturated rings. The number of benzene rings is 2. The number of anilines is 1. The van der Waals surface area contributed by atoms with Crippen LogP contribution in [0.4, 0.5) is 5.69 Å². The molecule has 2 aromatic carbocycles. The Kier molecular flexibility index (Phi) is 5.56. The molecule has 0 aromatic heterocycles. The number of hydrogen-bond donors (Lipinski definition) is 1. The fourth-order valence-corrected chi connectivity index (χ4v) is 5.05. The highest BCUT2D eigenvalue weighted by atomic mass is 79.9. The van der Waals surface area contributed by atoms with Crippen LogP contribution in [0.2, 0.25) is 0 Å². The van der Waals surface area contributed by atoms with Gasteiger partial charge >= 0.3 is 0 Å². The van der Waals surface area contributed by atoms with Gasteiger partial charge in [0.2, 0.25) is 15.9 Å². The van der Waals surface area contributed by atoms with Crippen molar-refractivity contribution in [1.82, 2.24) is 4.31 Å². The quantitative estimate of drug-likeness (QED) is 0.817. The van der Waals surface area contributed by atoms with Crippen LogP contribution >= 0.6 is 15.9 Å². The normalized spacial score (nSPS) is 18.7. The zero-order valence-electron chi connectivity index (χ0n) is 13.6. The molecule has 0 spiro atoms. The summed E-state index contributed by atoms with van der Waals surface area (Å²) < 4.78 is 28.1. The average molecular weight is 423 g/mol. The summed E-state index contributed by atoms with van der Waals surface area (Å²) in [6.07, 6.45) is 2.11. The fraction of sp³-hybridized carbons (Fsp3) is 0.278. The van der Waals surface area contributed by atoms with Gasteiger partial charge in [-0.1, -0.05) is 46.6 Å². The van der Waals surface area contributed by atoms with Gasteiger partial charge in [-0.2, -0.15) is 4.31 Å². The van der Waals surface area contributed by atoms with Crippen LogP contribution in [0, 0.1) is 0 Å². The first-order valence-electron chi connectivity index (χ1n) is 8.12. The Hall–Kier alpha value is -1.70. The highest BCUT2D eigenvalue weighted by Crippen LogP contribution is 2.26. The van der Waals surface area contributed by atoms with Crippen LogP contribution in [0.1, 0.15) is 19.3 Å². The van der Waals surface area contributed by atoms with E-state index in [1.807, 2.05) is 12.1 Å². The van der Waals surface area contributed by atoms with Crippen molar-refractivity contribution < 1.29 is 13.2 Å². The molecule has 1 atom stereocenters. The number of nitrogens with zero attached hydrogens (tertiary/aromatic N) is 1. The number of halogens is 1. The monoisotopic (exact) mass is 422 g/mol. The van der Waals surface area contributed by atoms with E-state index in [1.165, 1.54) is 4.31 Å². The Morgan fingerprint density at radius 2 is 1.84 bits per heavy atom. The SMILES string of the molecule is O=C(Nc1cccc(Br)c1)[C@H]1CCCCN1S(=O)(=O)c1ccccc1. The number of piperidine rings is 1. The summed E-state index contributed by atoms with van der Waals surface area (Å²) in [6, 6.07) is 14.8. The molecule has 3 rings (SSSR count). The third kappa shape index (κ3) is 4.11. The number of hydrogen-bond acceptors (Lipinski definition) is 3. The zero-order chi connectivity index (χ0) is 17.9. The van der Waals surface area contributed by atoms with Crippen molar-refractivity contribution in [1.29, 1.82) is 0 Å². The van der Waals surface area contributed by atoms with Crippen LogP contribution in [-0.4, -0.2) is 31.2 Å². The van der Waals surface area contributed by atoms with E-state index in [1.54, 1.807) is 42.5 Å². The Morgan fingerprint density at radius 3 is 2.56 bits per heavy atom. The highest BCUT2D eigenvalue weighted by Gasteiger charge is 2.37. The van der Waals surface area contributed by atoms with Crippen LogP contribution in [0.3, 0.4) is 0 Å². The van der Waals surface area contributed by atoms with Gasteiger partial charge in [-0.3, -0.25) is 4.79 Å². The first-order valence-corrected chi connectivity index (χ1v) is 10.3. The van der Waals surface area contributed by atoms with Crippen molar-refractivity contribution in [3.05, 3.63) is 59.1 Å². The Bertz CT molecular complexity index is 856. The van der Waals surface area contributed by atoms with Crippen LogP contribution in [0.5, 0.6) is 0 Å². The van der Waals surface area contributed by atoms with E-state index >= 15 is 0 Å². The van der Waals surface area contributed by atoms with Crippen molar-refractivity contribution in [3.63, 3.8) is 0 Å². The van der Waals surface area contributed by atoms with Crippen molar-refractivity contribution in [3.8, 4) is 0 Å². The number of carbonyl (C=O) groups is 1. The average Bonchev–Trinajstić information content (AvgIpc) is 2.62. The van der Waals surface area contributed by atoms with Crippen LogP contribution in [-0.2, 0) is 14.8 Å². The summed E-state index contributed by atoms with van der Waals surface area (Å²) in [5.41, 5.74) is 0.641. The molecule has 0 radical (unpaired) electrons. The van der Waals surface area contributed by atoms with Crippen LogP contribution < -0.4 is 5.32 Å². The van der Waals surface area contributed by atoms with E-state index in [0.29, 0.717) is 18.7 Å². The maximum Gasteiger partial charge on any atom is 0.243 e. The summed E-state index contributed by atoms with van der Waals surface area (Å²) in [7, 11) is -3.69. The number of sulfonamides is 1. The van der Waals surface area contributed by atoms with Crippen molar-refractivity contribution in [2.24, 2.45) is 0 Å². The first kappa shape index (κ1) is 18.1. The van der Waals surface area contributed by atoms with Gasteiger partial charge in [-0.15, -0.1) is 0 Å². The van der Waals surface area contributed by atoms with Gasteiger partial charge in [-0.05, 0) is 43.2 Å². The third-order valence-electron chi connectivity index (χ3n) is 4.20. The second kappa shape index (κ2) is 7.68. The lowest BCUT2D eigenvalue weighted by Crippen LogP contribution is -2.49. The number of amides is 1. The molecule has 7 heteroatoms. The summed E-state index contributed by atoms with van der Waals surface area (Å²) in [6.45, 7) is 0.355. The number of rotatable bonds is 4. The minimum absolute atomic E-state index is 0.220. The molecule has 0 unspecified atom stereocenters. The Labute approximate surface area is 156 Å². The molecule has 1 saturated heterocycles. The Balaban J connectivity index is 1.84. The fourth-order valence-electron chi connectivity index (χ4n) is 2.97.